The molecule has 70 valence electrons. The highest BCUT2D eigenvalue weighted by atomic mass is 15.1. The molecule has 0 radical (unpaired) electrons. The summed E-state index contributed by atoms with van der Waals surface area (Å²) in [5.41, 5.74) is 3.08. The molecule has 0 aliphatic carbocycles. The summed E-state index contributed by atoms with van der Waals surface area (Å²) in [6.45, 7) is 5.89. The van der Waals surface area contributed by atoms with Crippen LogP contribution in [-0.2, 0) is 13.0 Å². The van der Waals surface area contributed by atoms with E-state index in [9.17, 15) is 0 Å². The zero-order chi connectivity index (χ0) is 9.10. The standard InChI is InChI=1S/C12H17N/c1-2-8-13-9-7-11-5-3-4-6-12(11)10-13/h3-6H,2,7-10H2,1H3/i1-1. The Bertz CT molecular complexity index is 280. The summed E-state index contributed by atoms with van der Waals surface area (Å²) < 4.78 is 0. The summed E-state index contributed by atoms with van der Waals surface area (Å²) in [5, 5.41) is 0. The summed E-state index contributed by atoms with van der Waals surface area (Å²) in [7, 11) is 0. The zero-order valence-electron chi connectivity index (χ0n) is 8.29. The number of rotatable bonds is 2. The molecule has 0 unspecified atom stereocenters. The van der Waals surface area contributed by atoms with Crippen LogP contribution in [0.3, 0.4) is 0 Å². The van der Waals surface area contributed by atoms with E-state index in [1.54, 1.807) is 5.56 Å². The Labute approximate surface area is 80.4 Å². The molecule has 2 rings (SSSR count). The van der Waals surface area contributed by atoms with Gasteiger partial charge >= 0.3 is 0 Å². The van der Waals surface area contributed by atoms with Crippen molar-refractivity contribution in [2.24, 2.45) is 0 Å². The van der Waals surface area contributed by atoms with Crippen LogP contribution < -0.4 is 0 Å². The fourth-order valence-corrected chi connectivity index (χ4v) is 2.06. The van der Waals surface area contributed by atoms with Gasteiger partial charge in [-0.25, -0.2) is 0 Å². The first-order valence-corrected chi connectivity index (χ1v) is 5.19. The Morgan fingerprint density at radius 3 is 2.77 bits per heavy atom. The van der Waals surface area contributed by atoms with E-state index >= 15 is 0 Å². The molecule has 1 aromatic rings. The van der Waals surface area contributed by atoms with Gasteiger partial charge in [0.05, 0.1) is 0 Å². The smallest absolute Gasteiger partial charge is 0.0236 e. The molecule has 1 heterocycles. The second-order valence-corrected chi connectivity index (χ2v) is 3.79. The fraction of sp³-hybridized carbons (Fsp3) is 0.500. The van der Waals surface area contributed by atoms with Gasteiger partial charge in [-0.05, 0) is 30.5 Å². The van der Waals surface area contributed by atoms with E-state index in [0.717, 1.165) is 6.54 Å². The lowest BCUT2D eigenvalue weighted by Crippen LogP contribution is -2.30. The van der Waals surface area contributed by atoms with Crippen molar-refractivity contribution in [2.75, 3.05) is 13.1 Å². The van der Waals surface area contributed by atoms with Crippen LogP contribution in [0, 0.1) is 0 Å². The van der Waals surface area contributed by atoms with E-state index in [-0.39, 0.29) is 0 Å². The third-order valence-electron chi connectivity index (χ3n) is 2.75. The van der Waals surface area contributed by atoms with Gasteiger partial charge in [-0.2, -0.15) is 0 Å². The minimum absolute atomic E-state index is 1.16. The molecule has 0 atom stereocenters. The summed E-state index contributed by atoms with van der Waals surface area (Å²) in [5.74, 6) is 0. The highest BCUT2D eigenvalue weighted by Crippen LogP contribution is 2.18. The quantitative estimate of drug-likeness (QED) is 0.665. The molecular weight excluding hydrogens is 157 g/mol. The number of benzene rings is 1. The Kier molecular flexibility index (Phi) is 2.65. The predicted octanol–water partition coefficient (Wildman–Crippen LogP) is 2.45. The van der Waals surface area contributed by atoms with Gasteiger partial charge in [0.2, 0.25) is 0 Å². The number of nitrogens with zero attached hydrogens (tertiary/aromatic N) is 1. The van der Waals surface area contributed by atoms with E-state index in [1.807, 2.05) is 0 Å². The maximum absolute atomic E-state index is 2.54. The molecule has 0 saturated carbocycles. The van der Waals surface area contributed by atoms with Crippen LogP contribution in [0.1, 0.15) is 24.5 Å². The van der Waals surface area contributed by atoms with Gasteiger partial charge in [0.15, 0.2) is 0 Å². The van der Waals surface area contributed by atoms with E-state index in [2.05, 4.69) is 36.1 Å². The summed E-state index contributed by atoms with van der Waals surface area (Å²) in [6, 6.07) is 8.82. The highest BCUT2D eigenvalue weighted by Gasteiger charge is 2.13. The predicted molar refractivity (Wildman–Crippen MR) is 55.7 cm³/mol. The van der Waals surface area contributed by atoms with Gasteiger partial charge in [-0.3, -0.25) is 4.90 Å². The van der Waals surface area contributed by atoms with Crippen molar-refractivity contribution in [2.45, 2.75) is 26.3 Å². The minimum atomic E-state index is 1.16. The molecule has 1 aliphatic rings. The Balaban J connectivity index is 2.11. The molecule has 0 N–H and O–H groups in total. The Hall–Kier alpha value is -0.820. The maximum atomic E-state index is 2.54. The van der Waals surface area contributed by atoms with Gasteiger partial charge in [-0.15, -0.1) is 0 Å². The molecule has 0 amide bonds. The average molecular weight is 174 g/mol. The minimum Gasteiger partial charge on any atom is -0.299 e. The molecule has 1 aliphatic heterocycles. The van der Waals surface area contributed by atoms with E-state index < -0.39 is 0 Å². The monoisotopic (exact) mass is 174 g/mol. The van der Waals surface area contributed by atoms with Crippen LogP contribution in [0.2, 0.25) is 0 Å². The normalized spacial score (nSPS) is 17.0. The first kappa shape index (κ1) is 8.76. The second kappa shape index (κ2) is 3.93. The lowest BCUT2D eigenvalue weighted by atomic mass is 9.99. The van der Waals surface area contributed by atoms with Crippen LogP contribution in [0.15, 0.2) is 24.3 Å². The van der Waals surface area contributed by atoms with Crippen LogP contribution in [0.25, 0.3) is 0 Å². The molecule has 0 aromatic heterocycles. The number of hydrogen-bond donors (Lipinski definition) is 0. The zero-order valence-corrected chi connectivity index (χ0v) is 8.29. The van der Waals surface area contributed by atoms with Crippen LogP contribution in [0.5, 0.6) is 0 Å². The Morgan fingerprint density at radius 1 is 1.23 bits per heavy atom. The first-order valence-electron chi connectivity index (χ1n) is 5.19. The van der Waals surface area contributed by atoms with Crippen LogP contribution in [-0.4, -0.2) is 18.0 Å². The molecule has 1 nitrogen and oxygen atoms in total. The fourth-order valence-electron chi connectivity index (χ4n) is 2.06. The van der Waals surface area contributed by atoms with Gasteiger partial charge < -0.3 is 0 Å². The van der Waals surface area contributed by atoms with E-state index in [4.69, 9.17) is 0 Å². The second-order valence-electron chi connectivity index (χ2n) is 3.79. The van der Waals surface area contributed by atoms with Crippen molar-refractivity contribution < 1.29 is 0 Å². The molecule has 1 heteroatoms. The third kappa shape index (κ3) is 1.92. The molecule has 0 fully saturated rings. The lowest BCUT2D eigenvalue weighted by Gasteiger charge is -2.28. The molecule has 0 bridgehead atoms. The van der Waals surface area contributed by atoms with Crippen molar-refractivity contribution in [1.82, 2.24) is 4.90 Å². The van der Waals surface area contributed by atoms with E-state index in [1.165, 1.54) is 31.5 Å². The first-order chi connectivity index (χ1) is 6.40. The number of hydrogen-bond acceptors (Lipinski definition) is 1. The highest BCUT2D eigenvalue weighted by molar-refractivity contribution is 5.28. The molecular formula is C12H17N. The largest absolute Gasteiger partial charge is 0.299 e. The van der Waals surface area contributed by atoms with E-state index in [0.29, 0.717) is 0 Å². The van der Waals surface area contributed by atoms with Crippen molar-refractivity contribution in [3.63, 3.8) is 0 Å². The average Bonchev–Trinajstić information content (AvgIpc) is 2.18. The van der Waals surface area contributed by atoms with Crippen molar-refractivity contribution >= 4 is 0 Å². The summed E-state index contributed by atoms with van der Waals surface area (Å²) in [6.07, 6.45) is 2.50. The van der Waals surface area contributed by atoms with Gasteiger partial charge in [0, 0.05) is 13.1 Å². The van der Waals surface area contributed by atoms with Crippen LogP contribution in [0.4, 0.5) is 0 Å². The van der Waals surface area contributed by atoms with Gasteiger partial charge in [0.1, 0.15) is 0 Å². The molecule has 0 saturated heterocycles. The molecule has 0 spiro atoms. The topological polar surface area (TPSA) is 3.24 Å². The SMILES string of the molecule is [11CH3]CCN1CCc2ccccc2C1. The van der Waals surface area contributed by atoms with Gasteiger partial charge in [0.25, 0.3) is 0 Å². The number of fused-ring (bicyclic) bond motifs is 1. The van der Waals surface area contributed by atoms with Crippen molar-refractivity contribution in [3.8, 4) is 0 Å². The lowest BCUT2D eigenvalue weighted by molar-refractivity contribution is 0.255. The maximum Gasteiger partial charge on any atom is 0.0236 e. The molecule has 1 aromatic carbocycles. The Morgan fingerprint density at radius 2 is 2.00 bits per heavy atom. The van der Waals surface area contributed by atoms with Gasteiger partial charge in [-0.1, -0.05) is 31.2 Å². The summed E-state index contributed by atoms with van der Waals surface area (Å²) >= 11 is 0. The third-order valence-corrected chi connectivity index (χ3v) is 2.75. The molecule has 13 heavy (non-hydrogen) atoms. The van der Waals surface area contributed by atoms with Crippen LogP contribution >= 0.6 is 0 Å². The van der Waals surface area contributed by atoms with Crippen molar-refractivity contribution in [3.05, 3.63) is 35.4 Å². The van der Waals surface area contributed by atoms with Crippen molar-refractivity contribution in [1.29, 1.82) is 0 Å². The summed E-state index contributed by atoms with van der Waals surface area (Å²) in [4.78, 5) is 2.54.